The number of ether oxygens (including phenoxy) is 1. The zero-order valence-electron chi connectivity index (χ0n) is 19.4. The second kappa shape index (κ2) is 9.52. The summed E-state index contributed by atoms with van der Waals surface area (Å²) < 4.78 is 36.4. The molecule has 1 atom stereocenters. The second-order valence-corrected chi connectivity index (χ2v) is 10.3. The van der Waals surface area contributed by atoms with Crippen LogP contribution in [0.2, 0.25) is 0 Å². The van der Waals surface area contributed by atoms with Gasteiger partial charge in [-0.05, 0) is 65.2 Å². The number of amides is 1. The monoisotopic (exact) mass is 478 g/mol. The number of nitrogens with zero attached hydrogens (tertiary/aromatic N) is 2. The van der Waals surface area contributed by atoms with Crippen LogP contribution >= 0.6 is 0 Å². The van der Waals surface area contributed by atoms with Gasteiger partial charge in [0, 0.05) is 23.2 Å². The molecule has 0 spiro atoms. The highest BCUT2D eigenvalue weighted by molar-refractivity contribution is 7.89. The van der Waals surface area contributed by atoms with E-state index >= 15 is 0 Å². The topological polar surface area (TPSA) is 140 Å². The summed E-state index contributed by atoms with van der Waals surface area (Å²) in [7, 11) is -4.01. The number of nitrogens with one attached hydrogen (secondary N) is 2. The molecule has 1 aliphatic rings. The minimum Gasteiger partial charge on any atom is -0.476 e. The van der Waals surface area contributed by atoms with Crippen molar-refractivity contribution in [3.8, 4) is 11.6 Å². The lowest BCUT2D eigenvalue weighted by molar-refractivity contribution is -0.117. The Balaban J connectivity index is 2.07. The van der Waals surface area contributed by atoms with E-state index in [0.717, 1.165) is 12.8 Å². The first-order valence-corrected chi connectivity index (χ1v) is 12.4. The van der Waals surface area contributed by atoms with Gasteiger partial charge < -0.3 is 15.2 Å². The predicted molar refractivity (Wildman–Crippen MR) is 122 cm³/mol. The molecule has 1 aliphatic carbocycles. The highest BCUT2D eigenvalue weighted by atomic mass is 32.2. The number of aromatic carboxylic acids is 1. The van der Waals surface area contributed by atoms with Gasteiger partial charge in [0.25, 0.3) is 0 Å². The Hall–Kier alpha value is -2.92. The molecule has 180 valence electrons. The first kappa shape index (κ1) is 24.7. The van der Waals surface area contributed by atoms with Crippen molar-refractivity contribution in [2.75, 3.05) is 5.32 Å². The predicted octanol–water partition coefficient (Wildman–Crippen LogP) is 3.69. The molecule has 1 fully saturated rings. The fourth-order valence-electron chi connectivity index (χ4n) is 3.16. The third-order valence-corrected chi connectivity index (χ3v) is 7.02. The summed E-state index contributed by atoms with van der Waals surface area (Å²) in [4.78, 5) is 23.6. The Morgan fingerprint density at radius 1 is 1.27 bits per heavy atom. The van der Waals surface area contributed by atoms with E-state index < -0.39 is 16.0 Å². The lowest BCUT2D eigenvalue weighted by atomic mass is 10.2. The Kier molecular flexibility index (Phi) is 7.13. The molecule has 33 heavy (non-hydrogen) atoms. The molecule has 0 bridgehead atoms. The minimum absolute atomic E-state index is 0.00272. The van der Waals surface area contributed by atoms with Gasteiger partial charge in [-0.1, -0.05) is 6.92 Å². The van der Waals surface area contributed by atoms with Gasteiger partial charge in [-0.3, -0.25) is 4.79 Å². The van der Waals surface area contributed by atoms with E-state index in [4.69, 9.17) is 4.74 Å². The first-order valence-electron chi connectivity index (χ1n) is 10.9. The summed E-state index contributed by atoms with van der Waals surface area (Å²) >= 11 is 0. The summed E-state index contributed by atoms with van der Waals surface area (Å²) in [6.45, 7) is 8.77. The van der Waals surface area contributed by atoms with Crippen molar-refractivity contribution >= 4 is 27.6 Å². The van der Waals surface area contributed by atoms with Crippen molar-refractivity contribution in [2.45, 2.75) is 70.9 Å². The number of hydrogen-bond donors (Lipinski definition) is 3. The van der Waals surface area contributed by atoms with Crippen LogP contribution in [0.5, 0.6) is 11.6 Å². The standard InChI is InChI=1S/C22H30N4O6S/c1-6-13(4)25-33(30,31)18-11-16(23-20(27)15-7-8-15)9-10-17(18)32-21-14(5)19(22(28)29)24-26(21)12(2)3/h9-13,15,25H,6-8H2,1-5H3,(H,23,27)(H,28,29). The van der Waals surface area contributed by atoms with Crippen LogP contribution in [0.1, 0.15) is 69.1 Å². The summed E-state index contributed by atoms with van der Waals surface area (Å²) in [6, 6.07) is 3.80. The summed E-state index contributed by atoms with van der Waals surface area (Å²) in [5, 5.41) is 16.3. The zero-order valence-corrected chi connectivity index (χ0v) is 20.2. The molecule has 0 aliphatic heterocycles. The van der Waals surface area contributed by atoms with Crippen molar-refractivity contribution in [2.24, 2.45) is 5.92 Å². The molecule has 10 nitrogen and oxygen atoms in total. The Bertz CT molecular complexity index is 1170. The average Bonchev–Trinajstić information content (AvgIpc) is 3.53. The van der Waals surface area contributed by atoms with E-state index in [2.05, 4.69) is 15.1 Å². The van der Waals surface area contributed by atoms with Crippen LogP contribution in [-0.2, 0) is 14.8 Å². The smallest absolute Gasteiger partial charge is 0.356 e. The van der Waals surface area contributed by atoms with Crippen molar-refractivity contribution in [1.29, 1.82) is 0 Å². The molecule has 3 rings (SSSR count). The molecule has 1 heterocycles. The third kappa shape index (κ3) is 5.53. The molecular formula is C22H30N4O6S. The van der Waals surface area contributed by atoms with Gasteiger partial charge in [-0.15, -0.1) is 0 Å². The third-order valence-electron chi connectivity index (χ3n) is 5.41. The molecule has 1 saturated carbocycles. The molecule has 3 N–H and O–H groups in total. The maximum atomic E-state index is 13.2. The van der Waals surface area contributed by atoms with Crippen molar-refractivity contribution in [3.63, 3.8) is 0 Å². The number of aromatic nitrogens is 2. The van der Waals surface area contributed by atoms with E-state index in [9.17, 15) is 23.1 Å². The lowest BCUT2D eigenvalue weighted by Crippen LogP contribution is -2.32. The first-order chi connectivity index (χ1) is 15.4. The average molecular weight is 479 g/mol. The normalized spacial score (nSPS) is 14.8. The number of carboxylic acids is 1. The maximum Gasteiger partial charge on any atom is 0.356 e. The number of carboxylic acid groups (broad SMARTS) is 1. The molecule has 1 aromatic carbocycles. The Morgan fingerprint density at radius 2 is 1.94 bits per heavy atom. The molecule has 11 heteroatoms. The largest absolute Gasteiger partial charge is 0.476 e. The van der Waals surface area contributed by atoms with Gasteiger partial charge in [-0.2, -0.15) is 5.10 Å². The van der Waals surface area contributed by atoms with Gasteiger partial charge in [-0.25, -0.2) is 22.6 Å². The van der Waals surface area contributed by atoms with E-state index in [1.54, 1.807) is 19.9 Å². The molecule has 1 aromatic heterocycles. The van der Waals surface area contributed by atoms with Crippen LogP contribution in [0.25, 0.3) is 0 Å². The van der Waals surface area contributed by atoms with Gasteiger partial charge >= 0.3 is 5.97 Å². The number of sulfonamides is 1. The quantitative estimate of drug-likeness (QED) is 0.473. The summed E-state index contributed by atoms with van der Waals surface area (Å²) in [5.74, 6) is -1.27. The van der Waals surface area contributed by atoms with Crippen molar-refractivity contribution in [1.82, 2.24) is 14.5 Å². The molecule has 1 unspecified atom stereocenters. The molecule has 2 aromatic rings. The van der Waals surface area contributed by atoms with Gasteiger partial charge in [0.2, 0.25) is 21.8 Å². The van der Waals surface area contributed by atoms with Crippen LogP contribution in [0.3, 0.4) is 0 Å². The van der Waals surface area contributed by atoms with E-state index in [0.29, 0.717) is 12.1 Å². The van der Waals surface area contributed by atoms with Crippen molar-refractivity contribution in [3.05, 3.63) is 29.5 Å². The van der Waals surface area contributed by atoms with Crippen LogP contribution in [0.15, 0.2) is 23.1 Å². The van der Waals surface area contributed by atoms with Crippen LogP contribution < -0.4 is 14.8 Å². The summed E-state index contributed by atoms with van der Waals surface area (Å²) in [5.41, 5.74) is 0.443. The molecule has 0 radical (unpaired) electrons. The van der Waals surface area contributed by atoms with E-state index in [-0.39, 0.29) is 51.7 Å². The molecular weight excluding hydrogens is 448 g/mol. The fourth-order valence-corrected chi connectivity index (χ4v) is 4.64. The Morgan fingerprint density at radius 3 is 2.48 bits per heavy atom. The number of benzene rings is 1. The fraction of sp³-hybridized carbons (Fsp3) is 0.500. The highest BCUT2D eigenvalue weighted by Gasteiger charge is 2.31. The zero-order chi connectivity index (χ0) is 24.5. The number of anilines is 1. The van der Waals surface area contributed by atoms with Gasteiger partial charge in [0.15, 0.2) is 5.69 Å². The van der Waals surface area contributed by atoms with Crippen LogP contribution in [-0.4, -0.2) is 41.2 Å². The van der Waals surface area contributed by atoms with E-state index in [1.807, 2.05) is 20.8 Å². The number of hydrogen-bond acceptors (Lipinski definition) is 6. The van der Waals surface area contributed by atoms with Crippen molar-refractivity contribution < 1.29 is 27.9 Å². The minimum atomic E-state index is -4.01. The highest BCUT2D eigenvalue weighted by Crippen LogP contribution is 2.36. The number of carbonyl (C=O) groups is 2. The summed E-state index contributed by atoms with van der Waals surface area (Å²) in [6.07, 6.45) is 2.21. The lowest BCUT2D eigenvalue weighted by Gasteiger charge is -2.18. The van der Waals surface area contributed by atoms with Crippen LogP contribution in [0, 0.1) is 12.8 Å². The number of carbonyl (C=O) groups excluding carboxylic acids is 1. The molecule has 1 amide bonds. The second-order valence-electron chi connectivity index (χ2n) is 8.58. The van der Waals surface area contributed by atoms with Crippen LogP contribution in [0.4, 0.5) is 5.69 Å². The van der Waals surface area contributed by atoms with Gasteiger partial charge in [0.1, 0.15) is 10.6 Å². The Labute approximate surface area is 193 Å². The maximum absolute atomic E-state index is 13.2. The SMILES string of the molecule is CCC(C)NS(=O)(=O)c1cc(NC(=O)C2CC2)ccc1Oc1c(C)c(C(=O)O)nn1C(C)C. The number of rotatable bonds is 10. The van der Waals surface area contributed by atoms with Gasteiger partial charge in [0.05, 0.1) is 6.04 Å². The molecule has 0 saturated heterocycles. The van der Waals surface area contributed by atoms with E-state index in [1.165, 1.54) is 16.8 Å².